The van der Waals surface area contributed by atoms with Gasteiger partial charge in [-0.3, -0.25) is 0 Å². The second-order valence-corrected chi connectivity index (χ2v) is 7.31. The Morgan fingerprint density at radius 2 is 2.08 bits per heavy atom. The number of likely N-dealkylation sites (tertiary alicyclic amines) is 1. The first-order valence-corrected chi connectivity index (χ1v) is 9.45. The van der Waals surface area contributed by atoms with E-state index < -0.39 is 0 Å². The lowest BCUT2D eigenvalue weighted by Crippen LogP contribution is -2.27. The van der Waals surface area contributed by atoms with Gasteiger partial charge in [-0.05, 0) is 49.9 Å². The maximum atomic E-state index is 6.10. The number of anilines is 2. The molecule has 0 aliphatic carbocycles. The molecule has 1 aliphatic heterocycles. The van der Waals surface area contributed by atoms with Crippen LogP contribution < -0.4 is 5.32 Å². The fourth-order valence-electron chi connectivity index (χ4n) is 3.66. The van der Waals surface area contributed by atoms with Crippen molar-refractivity contribution in [3.05, 3.63) is 59.4 Å². The van der Waals surface area contributed by atoms with Crippen molar-refractivity contribution in [3.63, 3.8) is 0 Å². The Morgan fingerprint density at radius 3 is 2.85 bits per heavy atom. The number of rotatable bonds is 4. The van der Waals surface area contributed by atoms with Crippen LogP contribution in [0.25, 0.3) is 16.6 Å². The first-order chi connectivity index (χ1) is 12.6. The summed E-state index contributed by atoms with van der Waals surface area (Å²) < 4.78 is 0. The number of aryl methyl sites for hydroxylation is 1. The average molecular weight is 367 g/mol. The Balaban J connectivity index is 1.73. The fraction of sp³-hybridized carbons (Fsp3) is 0.286. The lowest BCUT2D eigenvalue weighted by molar-refractivity contribution is 0.326. The van der Waals surface area contributed by atoms with Crippen LogP contribution in [-0.2, 0) is 0 Å². The Morgan fingerprint density at radius 1 is 1.27 bits per heavy atom. The summed E-state index contributed by atoms with van der Waals surface area (Å²) in [6.45, 7) is 8.65. The number of fused-ring (bicyclic) bond motifs is 1. The van der Waals surface area contributed by atoms with Crippen molar-refractivity contribution >= 4 is 39.7 Å². The van der Waals surface area contributed by atoms with Gasteiger partial charge in [-0.2, -0.15) is 0 Å². The number of pyridine rings is 1. The standard InChI is InChI=1S/C21H23ClN4/c1-14-12-23-20-19(14)18(15(2)26-9-4-3-5-10-26)13-24-21(20)25-17-8-6-7-16(22)11-17/h6-8,11-13,23H,2-5,9-10H2,1H3,(H,24,25). The highest BCUT2D eigenvalue weighted by Gasteiger charge is 2.19. The second kappa shape index (κ2) is 7.04. The molecule has 3 aromatic rings. The number of H-pyrrole nitrogens is 1. The van der Waals surface area contributed by atoms with Crippen LogP contribution in [-0.4, -0.2) is 28.0 Å². The molecule has 1 aromatic carbocycles. The molecule has 0 spiro atoms. The first-order valence-electron chi connectivity index (χ1n) is 9.07. The molecule has 5 heteroatoms. The highest BCUT2D eigenvalue weighted by Crippen LogP contribution is 2.34. The summed E-state index contributed by atoms with van der Waals surface area (Å²) in [5, 5.41) is 5.26. The number of nitrogens with zero attached hydrogens (tertiary/aromatic N) is 2. The number of nitrogens with one attached hydrogen (secondary N) is 2. The summed E-state index contributed by atoms with van der Waals surface area (Å²) in [6.07, 6.45) is 7.74. The number of aromatic amines is 1. The third-order valence-corrected chi connectivity index (χ3v) is 5.28. The molecule has 26 heavy (non-hydrogen) atoms. The maximum Gasteiger partial charge on any atom is 0.154 e. The second-order valence-electron chi connectivity index (χ2n) is 6.87. The van der Waals surface area contributed by atoms with Crippen LogP contribution in [0.4, 0.5) is 11.5 Å². The van der Waals surface area contributed by atoms with Crippen LogP contribution in [0.1, 0.15) is 30.4 Å². The summed E-state index contributed by atoms with van der Waals surface area (Å²) in [4.78, 5) is 10.4. The molecule has 0 bridgehead atoms. The summed E-state index contributed by atoms with van der Waals surface area (Å²) in [5.41, 5.74) is 5.29. The molecule has 0 unspecified atom stereocenters. The number of halogens is 1. The van der Waals surface area contributed by atoms with Crippen LogP contribution in [0.3, 0.4) is 0 Å². The molecule has 4 nitrogen and oxygen atoms in total. The Labute approximate surface area is 158 Å². The van der Waals surface area contributed by atoms with E-state index in [4.69, 9.17) is 11.6 Å². The van der Waals surface area contributed by atoms with Gasteiger partial charge in [0.1, 0.15) is 0 Å². The van der Waals surface area contributed by atoms with Gasteiger partial charge in [0.25, 0.3) is 0 Å². The number of benzene rings is 1. The topological polar surface area (TPSA) is 44.0 Å². The molecule has 2 N–H and O–H groups in total. The van der Waals surface area contributed by atoms with E-state index in [1.54, 1.807) is 0 Å². The monoisotopic (exact) mass is 366 g/mol. The Hall–Kier alpha value is -2.46. The van der Waals surface area contributed by atoms with E-state index in [9.17, 15) is 0 Å². The van der Waals surface area contributed by atoms with Gasteiger partial charge in [0, 0.05) is 52.8 Å². The number of aromatic nitrogens is 2. The molecule has 0 saturated carbocycles. The Kier molecular flexibility index (Phi) is 4.60. The molecule has 1 saturated heterocycles. The predicted molar refractivity (Wildman–Crippen MR) is 110 cm³/mol. The van der Waals surface area contributed by atoms with Crippen molar-refractivity contribution in [1.29, 1.82) is 0 Å². The molecule has 0 amide bonds. The Bertz CT molecular complexity index is 954. The normalized spacial score (nSPS) is 14.6. The van der Waals surface area contributed by atoms with Crippen LogP contribution in [0, 0.1) is 6.92 Å². The van der Waals surface area contributed by atoms with Gasteiger partial charge >= 0.3 is 0 Å². The average Bonchev–Trinajstić information content (AvgIpc) is 3.05. The third-order valence-electron chi connectivity index (χ3n) is 5.04. The molecule has 0 radical (unpaired) electrons. The fourth-order valence-corrected chi connectivity index (χ4v) is 3.85. The zero-order valence-corrected chi connectivity index (χ0v) is 15.7. The molecule has 134 valence electrons. The smallest absolute Gasteiger partial charge is 0.154 e. The molecule has 1 aliphatic rings. The van der Waals surface area contributed by atoms with Gasteiger partial charge in [-0.1, -0.05) is 24.2 Å². The van der Waals surface area contributed by atoms with Gasteiger partial charge < -0.3 is 15.2 Å². The summed E-state index contributed by atoms with van der Waals surface area (Å²) in [6, 6.07) is 7.66. The number of hydrogen-bond acceptors (Lipinski definition) is 3. The number of piperidine rings is 1. The van der Waals surface area contributed by atoms with Crippen molar-refractivity contribution in [1.82, 2.24) is 14.9 Å². The van der Waals surface area contributed by atoms with E-state index in [-0.39, 0.29) is 0 Å². The summed E-state index contributed by atoms with van der Waals surface area (Å²) in [7, 11) is 0. The zero-order valence-electron chi connectivity index (χ0n) is 15.0. The van der Waals surface area contributed by atoms with Crippen molar-refractivity contribution in [3.8, 4) is 0 Å². The van der Waals surface area contributed by atoms with Gasteiger partial charge in [0.2, 0.25) is 0 Å². The molecular weight excluding hydrogens is 344 g/mol. The maximum absolute atomic E-state index is 6.10. The number of hydrogen-bond donors (Lipinski definition) is 2. The largest absolute Gasteiger partial charge is 0.371 e. The SMILES string of the molecule is C=C(c1cnc(Nc2cccc(Cl)c2)c2[nH]cc(C)c12)N1CCCCC1. The van der Waals surface area contributed by atoms with E-state index in [2.05, 4.69) is 33.7 Å². The molecule has 0 atom stereocenters. The lowest BCUT2D eigenvalue weighted by Gasteiger charge is -2.31. The summed E-state index contributed by atoms with van der Waals surface area (Å²) >= 11 is 6.10. The minimum atomic E-state index is 0.698. The van der Waals surface area contributed by atoms with Gasteiger partial charge in [0.05, 0.1) is 5.52 Å². The van der Waals surface area contributed by atoms with Crippen molar-refractivity contribution in [2.75, 3.05) is 18.4 Å². The first kappa shape index (κ1) is 17.0. The van der Waals surface area contributed by atoms with E-state index >= 15 is 0 Å². The minimum absolute atomic E-state index is 0.698. The third kappa shape index (κ3) is 3.17. The molecule has 4 rings (SSSR count). The van der Waals surface area contributed by atoms with Crippen LogP contribution in [0.5, 0.6) is 0 Å². The van der Waals surface area contributed by atoms with Gasteiger partial charge in [-0.25, -0.2) is 4.98 Å². The van der Waals surface area contributed by atoms with E-state index in [1.807, 2.05) is 36.7 Å². The van der Waals surface area contributed by atoms with Gasteiger partial charge in [-0.15, -0.1) is 0 Å². The van der Waals surface area contributed by atoms with Crippen LogP contribution in [0.2, 0.25) is 5.02 Å². The van der Waals surface area contributed by atoms with Crippen LogP contribution in [0.15, 0.2) is 43.2 Å². The van der Waals surface area contributed by atoms with Gasteiger partial charge in [0.15, 0.2) is 5.82 Å². The summed E-state index contributed by atoms with van der Waals surface area (Å²) in [5.74, 6) is 0.797. The molecule has 1 fully saturated rings. The quantitative estimate of drug-likeness (QED) is 0.620. The molecular formula is C21H23ClN4. The van der Waals surface area contributed by atoms with Crippen LogP contribution >= 0.6 is 11.6 Å². The highest BCUT2D eigenvalue weighted by atomic mass is 35.5. The lowest BCUT2D eigenvalue weighted by atomic mass is 10.0. The minimum Gasteiger partial charge on any atom is -0.371 e. The predicted octanol–water partition coefficient (Wildman–Crippen LogP) is 5.72. The van der Waals surface area contributed by atoms with E-state index in [0.717, 1.165) is 41.4 Å². The van der Waals surface area contributed by atoms with E-state index in [0.29, 0.717) is 5.02 Å². The van der Waals surface area contributed by atoms with Crippen molar-refractivity contribution in [2.24, 2.45) is 0 Å². The zero-order chi connectivity index (χ0) is 18.1. The molecule has 2 aromatic heterocycles. The molecule has 3 heterocycles. The highest BCUT2D eigenvalue weighted by molar-refractivity contribution is 6.30. The van der Waals surface area contributed by atoms with Crippen molar-refractivity contribution in [2.45, 2.75) is 26.2 Å². The van der Waals surface area contributed by atoms with Crippen molar-refractivity contribution < 1.29 is 0 Å². The van der Waals surface area contributed by atoms with E-state index in [1.165, 1.54) is 30.2 Å².